The van der Waals surface area contributed by atoms with E-state index in [4.69, 9.17) is 8.92 Å². The van der Waals surface area contributed by atoms with Crippen molar-refractivity contribution in [3.05, 3.63) is 40.5 Å². The van der Waals surface area contributed by atoms with E-state index in [-0.39, 0.29) is 0 Å². The molecule has 8 nitrogen and oxygen atoms in total. The van der Waals surface area contributed by atoms with Gasteiger partial charge in [-0.05, 0) is 44.4 Å². The smallest absolute Gasteiger partial charge is 0.333 e. The molecule has 2 aromatic rings. The van der Waals surface area contributed by atoms with Crippen molar-refractivity contribution in [2.24, 2.45) is 0 Å². The minimum absolute atomic E-state index is 0.331. The molecule has 0 radical (unpaired) electrons. The van der Waals surface area contributed by atoms with Crippen LogP contribution in [0.15, 0.2) is 18.2 Å². The molecule has 1 heterocycles. The first kappa shape index (κ1) is 22.5. The number of aryl methyl sites for hydroxylation is 2. The number of nitriles is 1. The van der Waals surface area contributed by atoms with Gasteiger partial charge in [0, 0.05) is 18.4 Å². The number of hydrogen-bond donors (Lipinski definition) is 3. The van der Waals surface area contributed by atoms with Gasteiger partial charge >= 0.3 is 6.03 Å². The molecule has 0 saturated carbocycles. The van der Waals surface area contributed by atoms with Crippen molar-refractivity contribution >= 4 is 33.4 Å². The van der Waals surface area contributed by atoms with Gasteiger partial charge in [-0.3, -0.25) is 10.9 Å². The largest absolute Gasteiger partial charge is 0.493 e. The maximum absolute atomic E-state index is 11.9. The highest BCUT2D eigenvalue weighted by Crippen LogP contribution is 2.38. The number of anilines is 1. The minimum atomic E-state index is -1.50. The molecule has 2 rings (SSSR count). The molecule has 1 unspecified atom stereocenters. The molecule has 1 aromatic heterocycles. The predicted molar refractivity (Wildman–Crippen MR) is 115 cm³/mol. The third-order valence-electron chi connectivity index (χ3n) is 3.91. The number of carbonyl (C=O) groups is 1. The molecule has 10 heteroatoms. The maximum Gasteiger partial charge on any atom is 0.333 e. The maximum atomic E-state index is 11.9. The molecule has 0 aliphatic carbocycles. The molecule has 1 aromatic carbocycles. The Labute approximate surface area is 176 Å². The van der Waals surface area contributed by atoms with Gasteiger partial charge in [0.25, 0.3) is 0 Å². The van der Waals surface area contributed by atoms with Crippen molar-refractivity contribution in [1.82, 2.24) is 10.7 Å². The van der Waals surface area contributed by atoms with Gasteiger partial charge < -0.3 is 14.2 Å². The van der Waals surface area contributed by atoms with Gasteiger partial charge in [-0.15, -0.1) is 0 Å². The van der Waals surface area contributed by atoms with Gasteiger partial charge in [0.15, 0.2) is 5.06 Å². The standard InChI is InChI=1S/C19H24N4O4S2/c1-12-6-7-13(2)16(10-12)26-9-5-8-21-19(24)23-22-17-15(11-20)14(3)18(28-17)27-29(4)25/h6-7,10,22H,5,8-9H2,1-4H3,(H2,21,23,24). The summed E-state index contributed by atoms with van der Waals surface area (Å²) in [4.78, 5) is 11.9. The SMILES string of the molecule is Cc1ccc(C)c(OCCCNC(=O)NNc2sc(OS(C)=O)c(C)c2C#N)c1. The lowest BCUT2D eigenvalue weighted by atomic mass is 10.1. The normalized spacial score (nSPS) is 11.3. The Morgan fingerprint density at radius 2 is 2.07 bits per heavy atom. The summed E-state index contributed by atoms with van der Waals surface area (Å²) in [5, 5.41) is 12.8. The third-order valence-corrected chi connectivity index (χ3v) is 5.50. The second-order valence-corrected chi connectivity index (χ2v) is 8.24. The number of rotatable bonds is 9. The number of urea groups is 1. The van der Waals surface area contributed by atoms with Gasteiger partial charge in [-0.1, -0.05) is 23.5 Å². The summed E-state index contributed by atoms with van der Waals surface area (Å²) in [6.45, 7) is 6.60. The highest BCUT2D eigenvalue weighted by Gasteiger charge is 2.17. The summed E-state index contributed by atoms with van der Waals surface area (Å²) >= 11 is -0.396. The number of ether oxygens (including phenoxy) is 1. The lowest BCUT2D eigenvalue weighted by Gasteiger charge is -2.11. The Morgan fingerprint density at radius 1 is 1.31 bits per heavy atom. The van der Waals surface area contributed by atoms with Crippen LogP contribution in [-0.4, -0.2) is 29.6 Å². The molecular formula is C19H24N4O4S2. The van der Waals surface area contributed by atoms with E-state index >= 15 is 0 Å². The summed E-state index contributed by atoms with van der Waals surface area (Å²) in [6.07, 6.45) is 2.04. The van der Waals surface area contributed by atoms with Gasteiger partial charge in [0.1, 0.15) is 16.8 Å². The number of hydrazine groups is 1. The second kappa shape index (κ2) is 10.7. The van der Waals surface area contributed by atoms with Crippen LogP contribution >= 0.6 is 11.3 Å². The monoisotopic (exact) mass is 436 g/mol. The lowest BCUT2D eigenvalue weighted by Crippen LogP contribution is -2.39. The van der Waals surface area contributed by atoms with Crippen molar-refractivity contribution in [2.75, 3.05) is 24.8 Å². The van der Waals surface area contributed by atoms with Gasteiger partial charge in [-0.2, -0.15) is 5.26 Å². The summed E-state index contributed by atoms with van der Waals surface area (Å²) in [7, 11) is 0. The Bertz CT molecular complexity index is 937. The van der Waals surface area contributed by atoms with E-state index in [1.807, 2.05) is 38.1 Å². The Balaban J connectivity index is 1.75. The number of hydrogen-bond acceptors (Lipinski definition) is 7. The van der Waals surface area contributed by atoms with E-state index in [1.54, 1.807) is 6.92 Å². The van der Waals surface area contributed by atoms with E-state index in [1.165, 1.54) is 6.26 Å². The van der Waals surface area contributed by atoms with Crippen LogP contribution in [0.25, 0.3) is 0 Å². The van der Waals surface area contributed by atoms with Crippen LogP contribution in [0, 0.1) is 32.1 Å². The Kier molecular flexibility index (Phi) is 8.30. The lowest BCUT2D eigenvalue weighted by molar-refractivity contribution is 0.241. The van der Waals surface area contributed by atoms with Crippen molar-refractivity contribution in [3.8, 4) is 16.9 Å². The van der Waals surface area contributed by atoms with Crippen LogP contribution in [0.3, 0.4) is 0 Å². The fourth-order valence-corrected chi connectivity index (χ4v) is 3.98. The number of carbonyl (C=O) groups excluding carboxylic acids is 1. The first-order chi connectivity index (χ1) is 13.8. The summed E-state index contributed by atoms with van der Waals surface area (Å²) in [5.41, 5.74) is 8.29. The molecule has 0 fully saturated rings. The van der Waals surface area contributed by atoms with Crippen LogP contribution in [0.2, 0.25) is 0 Å². The quantitative estimate of drug-likeness (QED) is 0.411. The van der Waals surface area contributed by atoms with Crippen LogP contribution in [0.4, 0.5) is 9.80 Å². The van der Waals surface area contributed by atoms with E-state index in [0.717, 1.165) is 28.2 Å². The second-order valence-electron chi connectivity index (χ2n) is 6.29. The van der Waals surface area contributed by atoms with Gasteiger partial charge in [0.05, 0.1) is 12.2 Å². The minimum Gasteiger partial charge on any atom is -0.493 e. The van der Waals surface area contributed by atoms with Crippen molar-refractivity contribution < 1.29 is 17.9 Å². The Morgan fingerprint density at radius 3 is 2.76 bits per heavy atom. The molecule has 0 saturated heterocycles. The first-order valence-electron chi connectivity index (χ1n) is 8.87. The van der Waals surface area contributed by atoms with Gasteiger partial charge in [-0.25, -0.2) is 9.00 Å². The van der Waals surface area contributed by atoms with Crippen molar-refractivity contribution in [2.45, 2.75) is 27.2 Å². The summed E-state index contributed by atoms with van der Waals surface area (Å²) < 4.78 is 22.2. The van der Waals surface area contributed by atoms with Crippen LogP contribution in [0.1, 0.15) is 28.7 Å². The fraction of sp³-hybridized carbons (Fsp3) is 0.368. The third kappa shape index (κ3) is 6.66. The fourth-order valence-electron chi connectivity index (χ4n) is 2.38. The zero-order chi connectivity index (χ0) is 21.4. The summed E-state index contributed by atoms with van der Waals surface area (Å²) in [6, 6.07) is 7.64. The highest BCUT2D eigenvalue weighted by atomic mass is 32.2. The number of nitrogens with one attached hydrogen (secondary N) is 3. The molecule has 29 heavy (non-hydrogen) atoms. The van der Waals surface area contributed by atoms with E-state index in [2.05, 4.69) is 16.2 Å². The number of amides is 2. The molecule has 0 aliphatic rings. The van der Waals surface area contributed by atoms with Crippen LogP contribution < -0.4 is 25.1 Å². The van der Waals surface area contributed by atoms with Gasteiger partial charge in [0.2, 0.25) is 11.1 Å². The molecular weight excluding hydrogens is 412 g/mol. The molecule has 0 bridgehead atoms. The number of thiophene rings is 1. The number of nitrogens with zero attached hydrogens (tertiary/aromatic N) is 1. The Hall–Kier alpha value is -2.77. The average molecular weight is 437 g/mol. The molecule has 0 spiro atoms. The molecule has 156 valence electrons. The van der Waals surface area contributed by atoms with Crippen molar-refractivity contribution in [3.63, 3.8) is 0 Å². The molecule has 0 aliphatic heterocycles. The zero-order valence-electron chi connectivity index (χ0n) is 16.8. The summed E-state index contributed by atoms with van der Waals surface area (Å²) in [5.74, 6) is 0.847. The van der Waals surface area contributed by atoms with E-state index in [0.29, 0.717) is 40.8 Å². The zero-order valence-corrected chi connectivity index (χ0v) is 18.4. The van der Waals surface area contributed by atoms with E-state index < -0.39 is 17.1 Å². The highest BCUT2D eigenvalue weighted by molar-refractivity contribution is 7.79. The molecule has 1 atom stereocenters. The van der Waals surface area contributed by atoms with E-state index in [9.17, 15) is 14.3 Å². The number of benzene rings is 1. The van der Waals surface area contributed by atoms with Crippen molar-refractivity contribution in [1.29, 1.82) is 5.26 Å². The van der Waals surface area contributed by atoms with Crippen LogP contribution in [-0.2, 0) is 11.1 Å². The topological polar surface area (TPSA) is 112 Å². The first-order valence-corrected chi connectivity index (χ1v) is 11.2. The predicted octanol–water partition coefficient (Wildman–Crippen LogP) is 3.31. The molecule has 2 amide bonds. The average Bonchev–Trinajstić information content (AvgIpc) is 2.96. The molecule has 3 N–H and O–H groups in total. The van der Waals surface area contributed by atoms with Crippen LogP contribution in [0.5, 0.6) is 10.8 Å².